The number of carbonyl (C=O) groups is 1. The number of nitrogens with one attached hydrogen (secondary N) is 1. The Kier molecular flexibility index (Phi) is 3.38. The third-order valence-corrected chi connectivity index (χ3v) is 2.52. The Labute approximate surface area is 104 Å². The SMILES string of the molecule is Cc1ccc(-c2nnco2)cc1NC(=O)[C@@H](C)N. The number of nitrogens with two attached hydrogens (primary N) is 1. The van der Waals surface area contributed by atoms with Crippen LogP contribution in [0.1, 0.15) is 12.5 Å². The van der Waals surface area contributed by atoms with Crippen LogP contribution in [0, 0.1) is 6.92 Å². The Morgan fingerprint density at radius 3 is 2.89 bits per heavy atom. The van der Waals surface area contributed by atoms with Gasteiger partial charge in [0.1, 0.15) is 0 Å². The molecule has 0 spiro atoms. The summed E-state index contributed by atoms with van der Waals surface area (Å²) in [6.45, 7) is 3.53. The number of rotatable bonds is 3. The zero-order valence-electron chi connectivity index (χ0n) is 10.2. The largest absolute Gasteiger partial charge is 0.423 e. The van der Waals surface area contributed by atoms with Gasteiger partial charge in [0, 0.05) is 11.3 Å². The van der Waals surface area contributed by atoms with Crippen molar-refractivity contribution in [2.45, 2.75) is 19.9 Å². The second-order valence-electron chi connectivity index (χ2n) is 4.05. The van der Waals surface area contributed by atoms with Crippen LogP contribution in [-0.2, 0) is 4.79 Å². The number of hydrogen-bond donors (Lipinski definition) is 2. The molecule has 1 atom stereocenters. The number of aryl methyl sites for hydroxylation is 1. The number of nitrogens with zero attached hydrogens (tertiary/aromatic N) is 2. The van der Waals surface area contributed by atoms with E-state index in [2.05, 4.69) is 15.5 Å². The Hall–Kier alpha value is -2.21. The number of amides is 1. The molecule has 0 saturated heterocycles. The van der Waals surface area contributed by atoms with Crippen LogP contribution in [0.2, 0.25) is 0 Å². The minimum absolute atomic E-state index is 0.235. The van der Waals surface area contributed by atoms with Crippen LogP contribution < -0.4 is 11.1 Å². The molecular formula is C12H14N4O2. The van der Waals surface area contributed by atoms with Crippen molar-refractivity contribution in [1.29, 1.82) is 0 Å². The van der Waals surface area contributed by atoms with E-state index in [-0.39, 0.29) is 5.91 Å². The minimum atomic E-state index is -0.559. The van der Waals surface area contributed by atoms with Gasteiger partial charge in [0.15, 0.2) is 0 Å². The zero-order valence-corrected chi connectivity index (χ0v) is 10.2. The second kappa shape index (κ2) is 4.97. The van der Waals surface area contributed by atoms with Crippen molar-refractivity contribution in [3.05, 3.63) is 30.2 Å². The maximum Gasteiger partial charge on any atom is 0.247 e. The van der Waals surface area contributed by atoms with Gasteiger partial charge in [0.2, 0.25) is 18.2 Å². The average molecular weight is 246 g/mol. The molecule has 18 heavy (non-hydrogen) atoms. The first-order chi connectivity index (χ1) is 8.58. The van der Waals surface area contributed by atoms with Gasteiger partial charge >= 0.3 is 0 Å². The third kappa shape index (κ3) is 2.54. The van der Waals surface area contributed by atoms with Crippen LogP contribution in [0.3, 0.4) is 0 Å². The summed E-state index contributed by atoms with van der Waals surface area (Å²) in [6, 6.07) is 4.94. The lowest BCUT2D eigenvalue weighted by atomic mass is 10.1. The summed E-state index contributed by atoms with van der Waals surface area (Å²) in [5, 5.41) is 10.2. The molecule has 6 heteroatoms. The molecule has 3 N–H and O–H groups in total. The molecule has 1 aromatic carbocycles. The minimum Gasteiger partial charge on any atom is -0.423 e. The fraction of sp³-hybridized carbons (Fsp3) is 0.250. The Morgan fingerprint density at radius 1 is 1.50 bits per heavy atom. The van der Waals surface area contributed by atoms with E-state index in [9.17, 15) is 4.79 Å². The summed E-state index contributed by atoms with van der Waals surface area (Å²) >= 11 is 0. The van der Waals surface area contributed by atoms with Crippen molar-refractivity contribution in [1.82, 2.24) is 10.2 Å². The van der Waals surface area contributed by atoms with Crippen LogP contribution in [0.15, 0.2) is 29.0 Å². The molecule has 0 saturated carbocycles. The molecule has 0 fully saturated rings. The average Bonchev–Trinajstić information content (AvgIpc) is 2.85. The van der Waals surface area contributed by atoms with Crippen LogP contribution in [0.4, 0.5) is 5.69 Å². The van der Waals surface area contributed by atoms with Crippen LogP contribution >= 0.6 is 0 Å². The fourth-order valence-corrected chi connectivity index (χ4v) is 1.44. The lowest BCUT2D eigenvalue weighted by Gasteiger charge is -2.11. The van der Waals surface area contributed by atoms with Gasteiger partial charge in [-0.15, -0.1) is 10.2 Å². The Bertz CT molecular complexity index is 549. The molecule has 1 aromatic heterocycles. The van der Waals surface area contributed by atoms with E-state index in [1.807, 2.05) is 19.1 Å². The molecule has 94 valence electrons. The summed E-state index contributed by atoms with van der Waals surface area (Å²) in [5.74, 6) is 0.173. The van der Waals surface area contributed by atoms with E-state index in [0.717, 1.165) is 11.1 Å². The Morgan fingerprint density at radius 2 is 2.28 bits per heavy atom. The lowest BCUT2D eigenvalue weighted by Crippen LogP contribution is -2.32. The van der Waals surface area contributed by atoms with Crippen molar-refractivity contribution in [3.8, 4) is 11.5 Å². The maximum atomic E-state index is 11.6. The molecule has 2 rings (SSSR count). The monoisotopic (exact) mass is 246 g/mol. The van der Waals surface area contributed by atoms with Crippen LogP contribution in [0.25, 0.3) is 11.5 Å². The van der Waals surface area contributed by atoms with Gasteiger partial charge < -0.3 is 15.5 Å². The van der Waals surface area contributed by atoms with Crippen LogP contribution in [0.5, 0.6) is 0 Å². The topological polar surface area (TPSA) is 94.0 Å². The maximum absolute atomic E-state index is 11.6. The van der Waals surface area contributed by atoms with Crippen molar-refractivity contribution in [2.75, 3.05) is 5.32 Å². The molecule has 0 bridgehead atoms. The molecule has 6 nitrogen and oxygen atoms in total. The zero-order chi connectivity index (χ0) is 13.1. The highest BCUT2D eigenvalue weighted by molar-refractivity contribution is 5.95. The first-order valence-electron chi connectivity index (χ1n) is 5.51. The van der Waals surface area contributed by atoms with Gasteiger partial charge in [-0.1, -0.05) is 6.07 Å². The number of aromatic nitrogens is 2. The normalized spacial score (nSPS) is 12.2. The second-order valence-corrected chi connectivity index (χ2v) is 4.05. The fourth-order valence-electron chi connectivity index (χ4n) is 1.44. The van der Waals surface area contributed by atoms with E-state index in [4.69, 9.17) is 10.2 Å². The molecule has 1 heterocycles. The predicted molar refractivity (Wildman–Crippen MR) is 66.8 cm³/mol. The van der Waals surface area contributed by atoms with Crippen molar-refractivity contribution < 1.29 is 9.21 Å². The molecule has 0 aliphatic carbocycles. The van der Waals surface area contributed by atoms with Gasteiger partial charge in [-0.2, -0.15) is 0 Å². The number of benzene rings is 1. The lowest BCUT2D eigenvalue weighted by molar-refractivity contribution is -0.117. The highest BCUT2D eigenvalue weighted by Crippen LogP contribution is 2.23. The van der Waals surface area contributed by atoms with E-state index < -0.39 is 6.04 Å². The van der Waals surface area contributed by atoms with E-state index in [1.54, 1.807) is 13.0 Å². The smallest absolute Gasteiger partial charge is 0.247 e. The van der Waals surface area contributed by atoms with Gasteiger partial charge in [0.05, 0.1) is 6.04 Å². The third-order valence-electron chi connectivity index (χ3n) is 2.52. The van der Waals surface area contributed by atoms with Gasteiger partial charge in [-0.3, -0.25) is 4.79 Å². The van der Waals surface area contributed by atoms with E-state index >= 15 is 0 Å². The van der Waals surface area contributed by atoms with Crippen molar-refractivity contribution in [2.24, 2.45) is 5.73 Å². The number of anilines is 1. The summed E-state index contributed by atoms with van der Waals surface area (Å²) in [4.78, 5) is 11.6. The molecule has 0 radical (unpaired) electrons. The predicted octanol–water partition coefficient (Wildman–Crippen LogP) is 1.33. The summed E-state index contributed by atoms with van der Waals surface area (Å²) in [5.41, 5.74) is 7.89. The quantitative estimate of drug-likeness (QED) is 0.852. The number of hydrogen-bond acceptors (Lipinski definition) is 5. The number of carbonyl (C=O) groups excluding carboxylic acids is 1. The molecule has 0 aliphatic rings. The summed E-state index contributed by atoms with van der Waals surface area (Å²) in [7, 11) is 0. The van der Waals surface area contributed by atoms with E-state index in [0.29, 0.717) is 11.6 Å². The first kappa shape index (κ1) is 12.3. The summed E-state index contributed by atoms with van der Waals surface area (Å²) in [6.07, 6.45) is 1.26. The van der Waals surface area contributed by atoms with Crippen LogP contribution in [-0.4, -0.2) is 22.1 Å². The van der Waals surface area contributed by atoms with Crippen molar-refractivity contribution in [3.63, 3.8) is 0 Å². The van der Waals surface area contributed by atoms with Gasteiger partial charge in [0.25, 0.3) is 0 Å². The molecule has 2 aromatic rings. The Balaban J connectivity index is 2.30. The molecular weight excluding hydrogens is 232 g/mol. The molecule has 0 aliphatic heterocycles. The van der Waals surface area contributed by atoms with Gasteiger partial charge in [-0.05, 0) is 31.5 Å². The molecule has 1 amide bonds. The van der Waals surface area contributed by atoms with Gasteiger partial charge in [-0.25, -0.2) is 0 Å². The summed E-state index contributed by atoms with van der Waals surface area (Å²) < 4.78 is 5.11. The highest BCUT2D eigenvalue weighted by Gasteiger charge is 2.11. The highest BCUT2D eigenvalue weighted by atomic mass is 16.4. The van der Waals surface area contributed by atoms with Crippen molar-refractivity contribution >= 4 is 11.6 Å². The van der Waals surface area contributed by atoms with E-state index in [1.165, 1.54) is 6.39 Å². The standard InChI is InChI=1S/C12H14N4O2/c1-7-3-4-9(12-16-14-6-18-12)5-10(7)15-11(17)8(2)13/h3-6,8H,13H2,1-2H3,(H,15,17)/t8-/m1/s1. The first-order valence-corrected chi connectivity index (χ1v) is 5.51. The molecule has 0 unspecified atom stereocenters.